The lowest BCUT2D eigenvalue weighted by atomic mass is 10.0. The van der Waals surface area contributed by atoms with Crippen LogP contribution in [-0.4, -0.2) is 29.1 Å². The van der Waals surface area contributed by atoms with E-state index in [1.54, 1.807) is 6.92 Å². The van der Waals surface area contributed by atoms with E-state index in [1.165, 1.54) is 0 Å². The van der Waals surface area contributed by atoms with Crippen molar-refractivity contribution in [1.29, 1.82) is 0 Å². The number of carbonyl (C=O) groups excluding carboxylic acids is 2. The minimum Gasteiger partial charge on any atom is -0.388 e. The van der Waals surface area contributed by atoms with E-state index in [0.29, 0.717) is 0 Å². The highest BCUT2D eigenvalue weighted by atomic mass is 19.1. The summed E-state index contributed by atoms with van der Waals surface area (Å²) in [4.78, 5) is 23.2. The Morgan fingerprint density at radius 3 is 2.62 bits per heavy atom. The summed E-state index contributed by atoms with van der Waals surface area (Å²) in [5.74, 6) is -3.60. The maximum Gasteiger partial charge on any atom is 0.313 e. The first-order valence-electron chi connectivity index (χ1n) is 6.56. The lowest BCUT2D eigenvalue weighted by molar-refractivity contribution is -0.136. The van der Waals surface area contributed by atoms with Gasteiger partial charge in [0, 0.05) is 12.6 Å². The molecular formula is C14H16F2N2O3. The number of rotatable bonds is 4. The van der Waals surface area contributed by atoms with Crippen molar-refractivity contribution in [2.24, 2.45) is 5.92 Å². The molecule has 0 heterocycles. The van der Waals surface area contributed by atoms with Gasteiger partial charge in [0.15, 0.2) is 0 Å². The molecule has 0 bridgehead atoms. The summed E-state index contributed by atoms with van der Waals surface area (Å²) in [7, 11) is 0. The third kappa shape index (κ3) is 3.98. The van der Waals surface area contributed by atoms with Crippen LogP contribution in [0.4, 0.5) is 14.5 Å². The van der Waals surface area contributed by atoms with Crippen molar-refractivity contribution < 1.29 is 23.5 Å². The lowest BCUT2D eigenvalue weighted by Gasteiger charge is -2.22. The van der Waals surface area contributed by atoms with Crippen LogP contribution in [-0.2, 0) is 9.59 Å². The third-order valence-electron chi connectivity index (χ3n) is 3.45. The number of anilines is 1. The van der Waals surface area contributed by atoms with E-state index in [-0.39, 0.29) is 12.5 Å². The second-order valence-electron chi connectivity index (χ2n) is 5.39. The zero-order chi connectivity index (χ0) is 15.6. The van der Waals surface area contributed by atoms with Gasteiger partial charge in [0.2, 0.25) is 0 Å². The van der Waals surface area contributed by atoms with Gasteiger partial charge in [0.25, 0.3) is 0 Å². The average Bonchev–Trinajstić information content (AvgIpc) is 3.25. The Morgan fingerprint density at radius 1 is 1.33 bits per heavy atom. The van der Waals surface area contributed by atoms with Crippen molar-refractivity contribution in [2.45, 2.75) is 25.4 Å². The Labute approximate surface area is 120 Å². The second-order valence-corrected chi connectivity index (χ2v) is 5.39. The van der Waals surface area contributed by atoms with Crippen molar-refractivity contribution in [3.05, 3.63) is 29.8 Å². The molecule has 0 spiro atoms. The van der Waals surface area contributed by atoms with E-state index in [9.17, 15) is 23.5 Å². The van der Waals surface area contributed by atoms with E-state index in [1.807, 2.05) is 5.32 Å². The van der Waals surface area contributed by atoms with Crippen LogP contribution in [0.3, 0.4) is 0 Å². The Bertz CT molecular complexity index is 571. The maximum absolute atomic E-state index is 13.3. The zero-order valence-electron chi connectivity index (χ0n) is 11.5. The van der Waals surface area contributed by atoms with Crippen LogP contribution in [0, 0.1) is 17.6 Å². The number of hydrogen-bond acceptors (Lipinski definition) is 3. The molecule has 7 heteroatoms. The van der Waals surface area contributed by atoms with Gasteiger partial charge in [-0.2, -0.15) is 0 Å². The van der Waals surface area contributed by atoms with Crippen LogP contribution in [0.2, 0.25) is 0 Å². The van der Waals surface area contributed by atoms with E-state index in [2.05, 4.69) is 5.32 Å². The molecule has 0 radical (unpaired) electrons. The van der Waals surface area contributed by atoms with Crippen molar-refractivity contribution in [2.75, 3.05) is 11.9 Å². The molecule has 2 rings (SSSR count). The first kappa shape index (κ1) is 15.4. The van der Waals surface area contributed by atoms with E-state index in [0.717, 1.165) is 31.0 Å². The molecule has 0 aromatic heterocycles. The third-order valence-corrected chi connectivity index (χ3v) is 3.45. The molecule has 1 saturated carbocycles. The Morgan fingerprint density at radius 2 is 2.00 bits per heavy atom. The molecule has 1 aliphatic carbocycles. The number of amides is 2. The number of aliphatic hydroxyl groups is 1. The topological polar surface area (TPSA) is 78.4 Å². The normalized spacial score (nSPS) is 17.0. The fraction of sp³-hybridized carbons (Fsp3) is 0.429. The average molecular weight is 298 g/mol. The van der Waals surface area contributed by atoms with E-state index >= 15 is 0 Å². The highest BCUT2D eigenvalue weighted by Crippen LogP contribution is 2.38. The molecule has 1 unspecified atom stereocenters. The van der Waals surface area contributed by atoms with Gasteiger partial charge in [-0.05, 0) is 37.8 Å². The lowest BCUT2D eigenvalue weighted by Crippen LogP contribution is -2.45. The second kappa shape index (κ2) is 5.77. The number of hydrogen-bond donors (Lipinski definition) is 3. The standard InChI is InChI=1S/C14H16F2N2O3/c1-14(21,8-2-3-8)7-17-12(19)13(20)18-11-6-9(15)4-5-10(11)16/h4-6,8,21H,2-3,7H2,1H3,(H,17,19)(H,18,20). The number of nitrogens with one attached hydrogen (secondary N) is 2. The molecular weight excluding hydrogens is 282 g/mol. The van der Waals surface area contributed by atoms with E-state index < -0.39 is 34.7 Å². The number of benzene rings is 1. The fourth-order valence-electron chi connectivity index (χ4n) is 1.96. The maximum atomic E-state index is 13.3. The summed E-state index contributed by atoms with van der Waals surface area (Å²) in [6.45, 7) is 1.50. The highest BCUT2D eigenvalue weighted by Gasteiger charge is 2.40. The summed E-state index contributed by atoms with van der Waals surface area (Å²) in [5, 5.41) is 14.3. The quantitative estimate of drug-likeness (QED) is 0.730. The molecule has 114 valence electrons. The molecule has 0 saturated heterocycles. The largest absolute Gasteiger partial charge is 0.388 e. The molecule has 1 fully saturated rings. The summed E-state index contributed by atoms with van der Waals surface area (Å²) in [6.07, 6.45) is 1.76. The van der Waals surface area contributed by atoms with Gasteiger partial charge in [0.1, 0.15) is 11.6 Å². The van der Waals surface area contributed by atoms with Gasteiger partial charge in [-0.1, -0.05) is 0 Å². The SMILES string of the molecule is CC(O)(CNC(=O)C(=O)Nc1cc(F)ccc1F)C1CC1. The molecule has 5 nitrogen and oxygen atoms in total. The van der Waals surface area contributed by atoms with Gasteiger partial charge < -0.3 is 15.7 Å². The summed E-state index contributed by atoms with van der Waals surface area (Å²) in [5.41, 5.74) is -1.48. The number of halogens is 2. The first-order chi connectivity index (χ1) is 9.79. The van der Waals surface area contributed by atoms with Gasteiger partial charge in [0.05, 0.1) is 11.3 Å². The fourth-order valence-corrected chi connectivity index (χ4v) is 1.96. The van der Waals surface area contributed by atoms with Crippen LogP contribution in [0.15, 0.2) is 18.2 Å². The Kier molecular flexibility index (Phi) is 4.22. The van der Waals surface area contributed by atoms with Gasteiger partial charge in [-0.3, -0.25) is 9.59 Å². The Hall–Kier alpha value is -2.02. The Balaban J connectivity index is 1.90. The van der Waals surface area contributed by atoms with Gasteiger partial charge in [-0.25, -0.2) is 8.78 Å². The van der Waals surface area contributed by atoms with Gasteiger partial charge in [-0.15, -0.1) is 0 Å². The molecule has 2 amide bonds. The van der Waals surface area contributed by atoms with Crippen LogP contribution >= 0.6 is 0 Å². The zero-order valence-corrected chi connectivity index (χ0v) is 11.5. The molecule has 21 heavy (non-hydrogen) atoms. The molecule has 3 N–H and O–H groups in total. The molecule has 0 aliphatic heterocycles. The molecule has 1 atom stereocenters. The summed E-state index contributed by atoms with van der Waals surface area (Å²) in [6, 6.07) is 2.53. The minimum atomic E-state index is -1.12. The summed E-state index contributed by atoms with van der Waals surface area (Å²) < 4.78 is 26.3. The monoisotopic (exact) mass is 298 g/mol. The van der Waals surface area contributed by atoms with Crippen LogP contribution in [0.25, 0.3) is 0 Å². The molecule has 1 aliphatic rings. The van der Waals surface area contributed by atoms with Crippen LogP contribution < -0.4 is 10.6 Å². The van der Waals surface area contributed by atoms with Crippen molar-refractivity contribution in [1.82, 2.24) is 5.32 Å². The van der Waals surface area contributed by atoms with Crippen LogP contribution in [0.1, 0.15) is 19.8 Å². The van der Waals surface area contributed by atoms with Crippen LogP contribution in [0.5, 0.6) is 0 Å². The highest BCUT2D eigenvalue weighted by molar-refractivity contribution is 6.39. The molecule has 1 aromatic carbocycles. The van der Waals surface area contributed by atoms with Crippen molar-refractivity contribution >= 4 is 17.5 Å². The molecule has 1 aromatic rings. The minimum absolute atomic E-state index is 0.0739. The predicted molar refractivity (Wildman–Crippen MR) is 71.3 cm³/mol. The van der Waals surface area contributed by atoms with Gasteiger partial charge >= 0.3 is 11.8 Å². The van der Waals surface area contributed by atoms with E-state index in [4.69, 9.17) is 0 Å². The summed E-state index contributed by atoms with van der Waals surface area (Å²) >= 11 is 0. The first-order valence-corrected chi connectivity index (χ1v) is 6.56. The van der Waals surface area contributed by atoms with Crippen molar-refractivity contribution in [3.63, 3.8) is 0 Å². The van der Waals surface area contributed by atoms with Crippen molar-refractivity contribution in [3.8, 4) is 0 Å². The number of carbonyl (C=O) groups is 2. The smallest absolute Gasteiger partial charge is 0.313 e. The predicted octanol–water partition coefficient (Wildman–Crippen LogP) is 1.18.